The van der Waals surface area contributed by atoms with Crippen molar-refractivity contribution < 1.29 is 17.6 Å². The van der Waals surface area contributed by atoms with Crippen molar-refractivity contribution in [1.82, 2.24) is 0 Å². The van der Waals surface area contributed by atoms with Gasteiger partial charge in [0.2, 0.25) is 0 Å². The van der Waals surface area contributed by atoms with E-state index in [0.717, 1.165) is 46.8 Å². The second kappa shape index (κ2) is 7.61. The highest BCUT2D eigenvalue weighted by Gasteiger charge is 2.25. The average Bonchev–Trinajstić information content (AvgIpc) is 3.12. The van der Waals surface area contributed by atoms with Crippen LogP contribution in [0.25, 0.3) is 21.7 Å². The third-order valence-corrected chi connectivity index (χ3v) is 7.37. The van der Waals surface area contributed by atoms with E-state index in [-0.39, 0.29) is 4.90 Å². The molecule has 3 aromatic carbocycles. The van der Waals surface area contributed by atoms with Gasteiger partial charge in [-0.25, -0.2) is 8.42 Å². The van der Waals surface area contributed by atoms with Crippen LogP contribution >= 0.6 is 0 Å². The van der Waals surface area contributed by atoms with Crippen molar-refractivity contribution in [1.29, 1.82) is 0 Å². The van der Waals surface area contributed by atoms with E-state index in [1.165, 1.54) is 5.56 Å². The molecule has 1 aliphatic rings. The zero-order valence-electron chi connectivity index (χ0n) is 17.6. The lowest BCUT2D eigenvalue weighted by atomic mass is 9.87. The van der Waals surface area contributed by atoms with E-state index in [2.05, 4.69) is 11.6 Å². The second-order valence-electron chi connectivity index (χ2n) is 8.21. The number of hydrogen-bond acceptors (Lipinski definition) is 4. The first-order chi connectivity index (χ1) is 15.0. The normalized spacial score (nSPS) is 16.4. The van der Waals surface area contributed by atoms with Gasteiger partial charge in [0.05, 0.1) is 17.2 Å². The van der Waals surface area contributed by atoms with Gasteiger partial charge in [0.25, 0.3) is 10.0 Å². The maximum Gasteiger partial charge on any atom is 0.261 e. The minimum Gasteiger partial charge on any atom is -0.494 e. The van der Waals surface area contributed by atoms with Gasteiger partial charge >= 0.3 is 0 Å². The Kier molecular flexibility index (Phi) is 4.89. The van der Waals surface area contributed by atoms with Crippen LogP contribution in [0.4, 0.5) is 5.69 Å². The fourth-order valence-corrected chi connectivity index (χ4v) is 5.51. The van der Waals surface area contributed by atoms with Crippen molar-refractivity contribution in [2.45, 2.75) is 38.0 Å². The Morgan fingerprint density at radius 2 is 1.81 bits per heavy atom. The zero-order chi connectivity index (χ0) is 21.6. The van der Waals surface area contributed by atoms with Gasteiger partial charge in [-0.1, -0.05) is 31.2 Å². The number of fused-ring (bicyclic) bond motifs is 5. The highest BCUT2D eigenvalue weighted by Crippen LogP contribution is 2.40. The Bertz CT molecular complexity index is 1370. The predicted molar refractivity (Wildman–Crippen MR) is 123 cm³/mol. The molecule has 1 atom stereocenters. The van der Waals surface area contributed by atoms with E-state index in [0.29, 0.717) is 24.0 Å². The van der Waals surface area contributed by atoms with Crippen LogP contribution in [0.15, 0.2) is 63.9 Å². The summed E-state index contributed by atoms with van der Waals surface area (Å²) < 4.78 is 40.8. The molecule has 0 unspecified atom stereocenters. The summed E-state index contributed by atoms with van der Waals surface area (Å²) in [5, 5.41) is 2.75. The summed E-state index contributed by atoms with van der Waals surface area (Å²) in [4.78, 5) is 0.197. The molecule has 1 aromatic heterocycles. The molecule has 1 N–H and O–H groups in total. The first-order valence-corrected chi connectivity index (χ1v) is 12.2. The van der Waals surface area contributed by atoms with Gasteiger partial charge in [0.1, 0.15) is 17.1 Å². The van der Waals surface area contributed by atoms with E-state index < -0.39 is 10.0 Å². The van der Waals surface area contributed by atoms with Gasteiger partial charge in [-0.15, -0.1) is 0 Å². The first kappa shape index (κ1) is 19.9. The lowest BCUT2D eigenvalue weighted by Crippen LogP contribution is -2.13. The van der Waals surface area contributed by atoms with Gasteiger partial charge in [0.15, 0.2) is 0 Å². The third-order valence-electron chi connectivity index (χ3n) is 5.99. The van der Waals surface area contributed by atoms with Crippen LogP contribution in [0.5, 0.6) is 5.75 Å². The van der Waals surface area contributed by atoms with E-state index in [4.69, 9.17) is 9.15 Å². The van der Waals surface area contributed by atoms with E-state index in [1.54, 1.807) is 24.3 Å². The van der Waals surface area contributed by atoms with E-state index in [1.807, 2.05) is 37.3 Å². The lowest BCUT2D eigenvalue weighted by molar-refractivity contribution is 0.340. The number of ether oxygens (including phenoxy) is 1. The highest BCUT2D eigenvalue weighted by molar-refractivity contribution is 7.92. The maximum atomic E-state index is 13.2. The SMILES string of the molecule is CCOc1ccc(S(=O)(=O)Nc2cc3c4c(oc3c3ccccc23)CC[C@H](C)C4)cc1. The molecular formula is C25H25NO4S. The summed E-state index contributed by atoms with van der Waals surface area (Å²) in [5.41, 5.74) is 2.62. The van der Waals surface area contributed by atoms with Gasteiger partial charge in [-0.2, -0.15) is 0 Å². The lowest BCUT2D eigenvalue weighted by Gasteiger charge is -2.17. The molecule has 31 heavy (non-hydrogen) atoms. The molecule has 4 aromatic rings. The summed E-state index contributed by atoms with van der Waals surface area (Å²) in [6.07, 6.45) is 2.99. The van der Waals surface area contributed by atoms with Gasteiger partial charge in [0, 0.05) is 28.1 Å². The van der Waals surface area contributed by atoms with Gasteiger partial charge in [-0.05, 0) is 56.0 Å². The molecule has 0 bridgehead atoms. The largest absolute Gasteiger partial charge is 0.494 e. The zero-order valence-corrected chi connectivity index (χ0v) is 18.5. The standard InChI is InChI=1S/C25H25NO4S/c1-3-29-17-9-11-18(12-10-17)31(27,28)26-23-15-22-21-14-16(2)8-13-24(21)30-25(22)20-7-5-4-6-19(20)23/h4-7,9-12,15-16,26H,3,8,13-14H2,1-2H3/t16-/m0/s1. The maximum absolute atomic E-state index is 13.2. The van der Waals surface area contributed by atoms with Crippen LogP contribution in [0.2, 0.25) is 0 Å². The number of anilines is 1. The summed E-state index contributed by atoms with van der Waals surface area (Å²) in [7, 11) is -3.76. The van der Waals surface area contributed by atoms with E-state index >= 15 is 0 Å². The van der Waals surface area contributed by atoms with Crippen molar-refractivity contribution in [3.8, 4) is 5.75 Å². The molecule has 1 aliphatic carbocycles. The third kappa shape index (κ3) is 3.55. The Hall–Kier alpha value is -2.99. The van der Waals surface area contributed by atoms with Crippen molar-refractivity contribution in [3.63, 3.8) is 0 Å². The second-order valence-corrected chi connectivity index (χ2v) is 9.89. The molecule has 0 aliphatic heterocycles. The minimum atomic E-state index is -3.76. The smallest absolute Gasteiger partial charge is 0.261 e. The molecule has 0 amide bonds. The van der Waals surface area contributed by atoms with Crippen molar-refractivity contribution >= 4 is 37.5 Å². The summed E-state index contributed by atoms with van der Waals surface area (Å²) >= 11 is 0. The quantitative estimate of drug-likeness (QED) is 0.423. The Labute approximate surface area is 182 Å². The predicted octanol–water partition coefficient (Wildman–Crippen LogP) is 5.91. The Morgan fingerprint density at radius 1 is 1.06 bits per heavy atom. The van der Waals surface area contributed by atoms with Gasteiger partial charge < -0.3 is 9.15 Å². The minimum absolute atomic E-state index is 0.197. The van der Waals surface area contributed by atoms with Crippen LogP contribution in [-0.2, 0) is 22.9 Å². The Morgan fingerprint density at radius 3 is 2.55 bits per heavy atom. The van der Waals surface area contributed by atoms with Crippen LogP contribution in [0, 0.1) is 5.92 Å². The molecule has 6 heteroatoms. The van der Waals surface area contributed by atoms with Crippen molar-refractivity contribution in [3.05, 3.63) is 65.9 Å². The molecule has 0 radical (unpaired) electrons. The average molecular weight is 436 g/mol. The number of rotatable bonds is 5. The highest BCUT2D eigenvalue weighted by atomic mass is 32.2. The fourth-order valence-electron chi connectivity index (χ4n) is 4.44. The molecule has 0 saturated carbocycles. The van der Waals surface area contributed by atoms with Crippen LogP contribution in [-0.4, -0.2) is 15.0 Å². The first-order valence-electron chi connectivity index (χ1n) is 10.7. The molecule has 0 fully saturated rings. The van der Waals surface area contributed by atoms with Crippen molar-refractivity contribution in [2.24, 2.45) is 5.92 Å². The number of hydrogen-bond donors (Lipinski definition) is 1. The molecule has 0 saturated heterocycles. The summed E-state index contributed by atoms with van der Waals surface area (Å²) in [6, 6.07) is 16.2. The molecule has 5 nitrogen and oxygen atoms in total. The van der Waals surface area contributed by atoms with Crippen LogP contribution < -0.4 is 9.46 Å². The van der Waals surface area contributed by atoms with Crippen LogP contribution in [0.1, 0.15) is 31.6 Å². The molecular weight excluding hydrogens is 410 g/mol. The summed E-state index contributed by atoms with van der Waals surface area (Å²) in [5.74, 6) is 2.26. The number of sulfonamides is 1. The molecule has 5 rings (SSSR count). The summed E-state index contributed by atoms with van der Waals surface area (Å²) in [6.45, 7) is 4.67. The molecule has 0 spiro atoms. The molecule has 1 heterocycles. The van der Waals surface area contributed by atoms with Crippen molar-refractivity contribution in [2.75, 3.05) is 11.3 Å². The van der Waals surface area contributed by atoms with Crippen LogP contribution in [0.3, 0.4) is 0 Å². The number of aryl methyl sites for hydroxylation is 1. The monoisotopic (exact) mass is 435 g/mol. The Balaban J connectivity index is 1.62. The topological polar surface area (TPSA) is 68.5 Å². The van der Waals surface area contributed by atoms with E-state index in [9.17, 15) is 8.42 Å². The van der Waals surface area contributed by atoms with Gasteiger partial charge in [-0.3, -0.25) is 4.72 Å². The number of benzene rings is 3. The fraction of sp³-hybridized carbons (Fsp3) is 0.280. The number of furan rings is 1. The number of nitrogens with one attached hydrogen (secondary N) is 1. The molecule has 160 valence electrons.